The molecule has 27 heavy (non-hydrogen) atoms. The Kier molecular flexibility index (Phi) is 4.28. The molecular weight excluding hydrogens is 335 g/mol. The third-order valence-electron chi connectivity index (χ3n) is 6.33. The number of aliphatic imine (C=N–C) groups is 1. The summed E-state index contributed by atoms with van der Waals surface area (Å²) in [4.78, 5) is 9.13. The Morgan fingerprint density at radius 3 is 2.15 bits per heavy atom. The molecule has 1 aliphatic carbocycles. The first-order chi connectivity index (χ1) is 12.8. The summed E-state index contributed by atoms with van der Waals surface area (Å²) in [6.45, 7) is 8.31. The van der Waals surface area contributed by atoms with Crippen molar-refractivity contribution in [2.75, 3.05) is 7.05 Å². The Hall–Kier alpha value is -1.98. The topological polar surface area (TPSA) is 43.7 Å². The third kappa shape index (κ3) is 3.03. The lowest BCUT2D eigenvalue weighted by Gasteiger charge is -2.32. The monoisotopic (exact) mass is 362 g/mol. The molecule has 1 aromatic carbocycles. The van der Waals surface area contributed by atoms with E-state index in [1.807, 2.05) is 19.3 Å². The smallest absolute Gasteiger partial charge is 0.399 e. The number of hydrogen-bond acceptors (Lipinski definition) is 4. The van der Waals surface area contributed by atoms with Crippen molar-refractivity contribution in [1.82, 2.24) is 4.98 Å². The van der Waals surface area contributed by atoms with Gasteiger partial charge in [-0.15, -0.1) is 0 Å². The molecule has 0 unspecified atom stereocenters. The lowest BCUT2D eigenvalue weighted by Crippen LogP contribution is -2.41. The van der Waals surface area contributed by atoms with E-state index in [9.17, 15) is 0 Å². The van der Waals surface area contributed by atoms with Gasteiger partial charge in [-0.2, -0.15) is 0 Å². The first kappa shape index (κ1) is 18.4. The molecule has 1 saturated heterocycles. The minimum atomic E-state index is -0.379. The van der Waals surface area contributed by atoms with E-state index in [0.29, 0.717) is 0 Å². The van der Waals surface area contributed by atoms with Gasteiger partial charge in [0.15, 0.2) is 0 Å². The molecule has 4 nitrogen and oxygen atoms in total. The van der Waals surface area contributed by atoms with Gasteiger partial charge in [0.1, 0.15) is 0 Å². The van der Waals surface area contributed by atoms with Crippen LogP contribution in [0.3, 0.4) is 0 Å². The highest BCUT2D eigenvalue weighted by molar-refractivity contribution is 6.62. The van der Waals surface area contributed by atoms with Gasteiger partial charge in [-0.1, -0.05) is 24.3 Å². The molecule has 1 aromatic heterocycles. The highest BCUT2D eigenvalue weighted by Crippen LogP contribution is 2.39. The van der Waals surface area contributed by atoms with Gasteiger partial charge in [0.2, 0.25) is 0 Å². The molecule has 1 aliphatic heterocycles. The molecule has 1 fully saturated rings. The zero-order valence-electron chi connectivity index (χ0n) is 16.8. The van der Waals surface area contributed by atoms with Crippen LogP contribution >= 0.6 is 0 Å². The van der Waals surface area contributed by atoms with E-state index in [4.69, 9.17) is 14.3 Å². The van der Waals surface area contributed by atoms with E-state index in [0.717, 1.165) is 24.0 Å². The number of hydrogen-bond donors (Lipinski definition) is 0. The van der Waals surface area contributed by atoms with Crippen molar-refractivity contribution in [1.29, 1.82) is 0 Å². The van der Waals surface area contributed by atoms with Crippen molar-refractivity contribution in [2.45, 2.75) is 57.2 Å². The van der Waals surface area contributed by atoms with Crippen LogP contribution in [0.15, 0.2) is 47.6 Å². The molecule has 0 atom stereocenters. The lowest BCUT2D eigenvalue weighted by atomic mass is 9.75. The average Bonchev–Trinajstić information content (AvgIpc) is 3.10. The fourth-order valence-electron chi connectivity index (χ4n) is 4.08. The standard InChI is InChI=1S/C22H27BN2O2/c1-20(2)21(3,4)27-23(26-20)18-10-11-25-19(12-18)22(15-24-5)13-16-8-6-7-9-17(16)14-22/h6-12,15H,13-14H2,1-5H3. The quantitative estimate of drug-likeness (QED) is 0.623. The van der Waals surface area contributed by atoms with Crippen molar-refractivity contribution in [3.63, 3.8) is 0 Å². The molecule has 0 radical (unpaired) electrons. The van der Waals surface area contributed by atoms with Gasteiger partial charge in [-0.25, -0.2) is 0 Å². The van der Waals surface area contributed by atoms with Crippen molar-refractivity contribution in [3.05, 3.63) is 59.4 Å². The Morgan fingerprint density at radius 2 is 1.59 bits per heavy atom. The molecule has 2 aliphatic rings. The second-order valence-corrected chi connectivity index (χ2v) is 8.73. The summed E-state index contributed by atoms with van der Waals surface area (Å²) in [5.74, 6) is 0. The molecule has 2 aromatic rings. The predicted molar refractivity (Wildman–Crippen MR) is 110 cm³/mol. The van der Waals surface area contributed by atoms with E-state index < -0.39 is 0 Å². The van der Waals surface area contributed by atoms with Crippen LogP contribution in [0.2, 0.25) is 0 Å². The fourth-order valence-corrected chi connectivity index (χ4v) is 4.08. The normalized spacial score (nSPS) is 22.3. The van der Waals surface area contributed by atoms with Crippen LogP contribution in [0, 0.1) is 0 Å². The van der Waals surface area contributed by atoms with E-state index in [1.54, 1.807) is 0 Å². The summed E-state index contributed by atoms with van der Waals surface area (Å²) in [6, 6.07) is 12.7. The van der Waals surface area contributed by atoms with Gasteiger partial charge in [-0.05, 0) is 69.3 Å². The molecule has 0 bridgehead atoms. The van der Waals surface area contributed by atoms with Gasteiger partial charge in [0, 0.05) is 19.5 Å². The second kappa shape index (κ2) is 6.28. The third-order valence-corrected chi connectivity index (χ3v) is 6.33. The highest BCUT2D eigenvalue weighted by atomic mass is 16.7. The van der Waals surface area contributed by atoms with Gasteiger partial charge < -0.3 is 9.31 Å². The van der Waals surface area contributed by atoms with Crippen molar-refractivity contribution < 1.29 is 9.31 Å². The first-order valence-corrected chi connectivity index (χ1v) is 9.59. The molecule has 140 valence electrons. The van der Waals surface area contributed by atoms with Crippen LogP contribution in [0.1, 0.15) is 44.5 Å². The maximum atomic E-state index is 6.24. The molecule has 4 rings (SSSR count). The maximum absolute atomic E-state index is 6.24. The minimum absolute atomic E-state index is 0.210. The number of nitrogens with zero attached hydrogens (tertiary/aromatic N) is 2. The Bertz CT molecular complexity index is 850. The van der Waals surface area contributed by atoms with E-state index in [2.05, 4.69) is 69.2 Å². The number of pyridine rings is 1. The fraction of sp³-hybridized carbons (Fsp3) is 0.455. The van der Waals surface area contributed by atoms with Crippen LogP contribution in [-0.4, -0.2) is 36.6 Å². The summed E-state index contributed by atoms with van der Waals surface area (Å²) >= 11 is 0. The van der Waals surface area contributed by atoms with Crippen molar-refractivity contribution >= 4 is 18.8 Å². The van der Waals surface area contributed by atoms with E-state index >= 15 is 0 Å². The number of rotatable bonds is 3. The number of benzene rings is 1. The summed E-state index contributed by atoms with van der Waals surface area (Å²) in [5, 5.41) is 0. The highest BCUT2D eigenvalue weighted by Gasteiger charge is 2.52. The van der Waals surface area contributed by atoms with Crippen molar-refractivity contribution in [3.8, 4) is 0 Å². The van der Waals surface area contributed by atoms with E-state index in [-0.39, 0.29) is 23.7 Å². The number of fused-ring (bicyclic) bond motifs is 1. The summed E-state index contributed by atoms with van der Waals surface area (Å²) < 4.78 is 12.5. The predicted octanol–water partition coefficient (Wildman–Crippen LogP) is 3.12. The molecule has 5 heteroatoms. The van der Waals surface area contributed by atoms with Gasteiger partial charge in [0.05, 0.1) is 22.3 Å². The lowest BCUT2D eigenvalue weighted by molar-refractivity contribution is 0.00578. The Morgan fingerprint density at radius 1 is 1.00 bits per heavy atom. The molecule has 0 spiro atoms. The molecule has 0 amide bonds. The Labute approximate surface area is 162 Å². The minimum Gasteiger partial charge on any atom is -0.399 e. The zero-order valence-corrected chi connectivity index (χ0v) is 16.8. The number of aromatic nitrogens is 1. The summed E-state index contributed by atoms with van der Waals surface area (Å²) in [5.41, 5.74) is 3.87. The van der Waals surface area contributed by atoms with Gasteiger partial charge in [-0.3, -0.25) is 9.98 Å². The van der Waals surface area contributed by atoms with Crippen LogP contribution < -0.4 is 5.46 Å². The SMILES string of the molecule is CN=CC1(c2cc(B3OC(C)(C)C(C)(C)O3)ccn2)Cc2ccccc2C1. The molecule has 2 heterocycles. The van der Waals surface area contributed by atoms with Crippen LogP contribution in [0.5, 0.6) is 0 Å². The van der Waals surface area contributed by atoms with Crippen LogP contribution in [0.25, 0.3) is 0 Å². The Balaban J connectivity index is 1.70. The second-order valence-electron chi connectivity index (χ2n) is 8.73. The first-order valence-electron chi connectivity index (χ1n) is 9.59. The summed E-state index contributed by atoms with van der Waals surface area (Å²) in [6.07, 6.45) is 5.76. The molecule has 0 saturated carbocycles. The van der Waals surface area contributed by atoms with Gasteiger partial charge >= 0.3 is 7.12 Å². The van der Waals surface area contributed by atoms with Crippen molar-refractivity contribution in [2.24, 2.45) is 4.99 Å². The zero-order chi connectivity index (χ0) is 19.3. The maximum Gasteiger partial charge on any atom is 0.494 e. The van der Waals surface area contributed by atoms with Crippen LogP contribution in [0.4, 0.5) is 0 Å². The average molecular weight is 362 g/mol. The van der Waals surface area contributed by atoms with Crippen LogP contribution in [-0.2, 0) is 27.6 Å². The van der Waals surface area contributed by atoms with Gasteiger partial charge in [0.25, 0.3) is 0 Å². The molecule has 0 N–H and O–H groups in total. The molecular formula is C22H27BN2O2. The van der Waals surface area contributed by atoms with E-state index in [1.165, 1.54) is 11.1 Å². The summed E-state index contributed by atoms with van der Waals surface area (Å²) in [7, 11) is 1.46. The largest absolute Gasteiger partial charge is 0.494 e.